The summed E-state index contributed by atoms with van der Waals surface area (Å²) in [6, 6.07) is 0. The number of rotatable bonds is 6. The quantitative estimate of drug-likeness (QED) is 0.586. The molecular formula is C10H20ClNO4S. The molecule has 0 aromatic carbocycles. The van der Waals surface area contributed by atoms with Crippen molar-refractivity contribution in [3.8, 4) is 0 Å². The molecule has 0 saturated heterocycles. The third-order valence-corrected chi connectivity index (χ3v) is 3.74. The summed E-state index contributed by atoms with van der Waals surface area (Å²) in [5.41, 5.74) is -0.0581. The second-order valence-corrected chi connectivity index (χ2v) is 7.42. The topological polar surface area (TPSA) is 72.5 Å². The van der Waals surface area contributed by atoms with Crippen LogP contribution in [0.25, 0.3) is 0 Å². The maximum absolute atomic E-state index is 11.6. The number of alkyl halides is 1. The number of hydrogen-bond acceptors (Lipinski definition) is 4. The van der Waals surface area contributed by atoms with Crippen LogP contribution in [0, 0.1) is 5.41 Å². The van der Waals surface area contributed by atoms with Crippen LogP contribution < -0.4 is 4.72 Å². The molecule has 17 heavy (non-hydrogen) atoms. The zero-order valence-electron chi connectivity index (χ0n) is 10.6. The minimum absolute atomic E-state index is 0.0152. The lowest BCUT2D eigenvalue weighted by molar-refractivity contribution is -0.140. The van der Waals surface area contributed by atoms with Crippen molar-refractivity contribution in [2.24, 2.45) is 5.41 Å². The summed E-state index contributed by atoms with van der Waals surface area (Å²) >= 11 is 5.63. The van der Waals surface area contributed by atoms with E-state index in [-0.39, 0.29) is 17.7 Å². The van der Waals surface area contributed by atoms with Gasteiger partial charge in [0.1, 0.15) is 5.38 Å². The van der Waals surface area contributed by atoms with Gasteiger partial charge in [0, 0.05) is 6.54 Å². The number of halogens is 1. The number of ether oxygens (including phenoxy) is 1. The van der Waals surface area contributed by atoms with Gasteiger partial charge in [0.05, 0.1) is 12.9 Å². The summed E-state index contributed by atoms with van der Waals surface area (Å²) in [5, 5.41) is -0.996. The zero-order chi connectivity index (χ0) is 13.7. The molecule has 1 unspecified atom stereocenters. The van der Waals surface area contributed by atoms with Gasteiger partial charge in [-0.05, 0) is 11.8 Å². The Balaban J connectivity index is 4.15. The van der Waals surface area contributed by atoms with Crippen molar-refractivity contribution in [3.63, 3.8) is 0 Å². The Morgan fingerprint density at radius 1 is 1.41 bits per heavy atom. The molecular weight excluding hydrogens is 266 g/mol. The smallest absolute Gasteiger partial charge is 0.325 e. The molecule has 0 aliphatic rings. The first-order valence-corrected chi connectivity index (χ1v) is 7.35. The summed E-state index contributed by atoms with van der Waals surface area (Å²) in [7, 11) is -2.19. The molecule has 5 nitrogen and oxygen atoms in total. The Bertz CT molecular complexity index is 348. The standard InChI is InChI=1S/C10H20ClNO4S/c1-10(2,3)5-6-17(14,15)12-7-8(11)9(13)16-4/h8,12H,5-7H2,1-4H3. The van der Waals surface area contributed by atoms with Gasteiger partial charge < -0.3 is 4.74 Å². The fourth-order valence-corrected chi connectivity index (χ4v) is 2.63. The molecule has 1 N–H and O–H groups in total. The normalized spacial score (nSPS) is 14.4. The zero-order valence-corrected chi connectivity index (χ0v) is 12.2. The van der Waals surface area contributed by atoms with Gasteiger partial charge in [-0.15, -0.1) is 11.6 Å². The van der Waals surface area contributed by atoms with E-state index in [1.54, 1.807) is 0 Å². The Labute approximate surface area is 108 Å². The van der Waals surface area contributed by atoms with Crippen molar-refractivity contribution < 1.29 is 17.9 Å². The van der Waals surface area contributed by atoms with Gasteiger partial charge in [-0.25, -0.2) is 13.1 Å². The lowest BCUT2D eigenvalue weighted by atomic mass is 9.94. The highest BCUT2D eigenvalue weighted by atomic mass is 35.5. The predicted molar refractivity (Wildman–Crippen MR) is 67.5 cm³/mol. The number of methoxy groups -OCH3 is 1. The first-order chi connectivity index (χ1) is 7.57. The van der Waals surface area contributed by atoms with Gasteiger partial charge in [0.15, 0.2) is 0 Å². The van der Waals surface area contributed by atoms with E-state index in [2.05, 4.69) is 9.46 Å². The van der Waals surface area contributed by atoms with Gasteiger partial charge in [-0.1, -0.05) is 20.8 Å². The fourth-order valence-electron chi connectivity index (χ4n) is 0.924. The van der Waals surface area contributed by atoms with Gasteiger partial charge in [-0.3, -0.25) is 4.79 Å². The average Bonchev–Trinajstić information content (AvgIpc) is 2.21. The van der Waals surface area contributed by atoms with E-state index in [4.69, 9.17) is 11.6 Å². The van der Waals surface area contributed by atoms with Crippen LogP contribution in [0.1, 0.15) is 27.2 Å². The molecule has 0 fully saturated rings. The number of nitrogens with one attached hydrogen (secondary N) is 1. The van der Waals surface area contributed by atoms with Gasteiger partial charge >= 0.3 is 5.97 Å². The molecule has 102 valence electrons. The molecule has 0 spiro atoms. The fraction of sp³-hybridized carbons (Fsp3) is 0.900. The monoisotopic (exact) mass is 285 g/mol. The molecule has 0 saturated carbocycles. The number of hydrogen-bond donors (Lipinski definition) is 1. The largest absolute Gasteiger partial charge is 0.468 e. The van der Waals surface area contributed by atoms with Crippen LogP contribution in [-0.2, 0) is 19.6 Å². The minimum Gasteiger partial charge on any atom is -0.468 e. The van der Waals surface area contributed by atoms with Crippen LogP contribution in [0.3, 0.4) is 0 Å². The van der Waals surface area contributed by atoms with Crippen LogP contribution in [0.15, 0.2) is 0 Å². The van der Waals surface area contributed by atoms with E-state index < -0.39 is 21.4 Å². The van der Waals surface area contributed by atoms with E-state index in [1.165, 1.54) is 7.11 Å². The number of carbonyl (C=O) groups excluding carboxylic acids is 1. The Kier molecular flexibility index (Phi) is 6.43. The van der Waals surface area contributed by atoms with E-state index in [0.717, 1.165) is 0 Å². The Hall–Kier alpha value is -0.330. The van der Waals surface area contributed by atoms with Crippen molar-refractivity contribution >= 4 is 27.6 Å². The summed E-state index contributed by atoms with van der Waals surface area (Å²) in [4.78, 5) is 11.0. The maximum Gasteiger partial charge on any atom is 0.325 e. The van der Waals surface area contributed by atoms with E-state index in [0.29, 0.717) is 6.42 Å². The lowest BCUT2D eigenvalue weighted by Gasteiger charge is -2.18. The number of sulfonamides is 1. The molecule has 0 aliphatic heterocycles. The molecule has 0 amide bonds. The van der Waals surface area contributed by atoms with Crippen molar-refractivity contribution in [1.29, 1.82) is 0 Å². The predicted octanol–water partition coefficient (Wildman–Crippen LogP) is 1.12. The van der Waals surface area contributed by atoms with Gasteiger partial charge in [-0.2, -0.15) is 0 Å². The third-order valence-electron chi connectivity index (χ3n) is 2.06. The van der Waals surface area contributed by atoms with Crippen LogP contribution in [0.5, 0.6) is 0 Å². The number of carbonyl (C=O) groups is 1. The van der Waals surface area contributed by atoms with Crippen molar-refractivity contribution in [3.05, 3.63) is 0 Å². The van der Waals surface area contributed by atoms with Crippen molar-refractivity contribution in [2.75, 3.05) is 19.4 Å². The second kappa shape index (κ2) is 6.56. The lowest BCUT2D eigenvalue weighted by Crippen LogP contribution is -2.36. The highest BCUT2D eigenvalue weighted by Gasteiger charge is 2.21. The summed E-state index contributed by atoms with van der Waals surface area (Å²) in [5.74, 6) is -0.633. The highest BCUT2D eigenvalue weighted by molar-refractivity contribution is 7.89. The molecule has 0 heterocycles. The first-order valence-electron chi connectivity index (χ1n) is 5.26. The molecule has 7 heteroatoms. The number of esters is 1. The second-order valence-electron chi connectivity index (χ2n) is 4.97. The summed E-state index contributed by atoms with van der Waals surface area (Å²) in [6.07, 6.45) is 0.535. The SMILES string of the molecule is COC(=O)C(Cl)CNS(=O)(=O)CCC(C)(C)C. The molecule has 0 aromatic heterocycles. The molecule has 0 aliphatic carbocycles. The third kappa shape index (κ3) is 8.40. The van der Waals surface area contributed by atoms with E-state index >= 15 is 0 Å². The van der Waals surface area contributed by atoms with Crippen LogP contribution in [0.2, 0.25) is 0 Å². The van der Waals surface area contributed by atoms with Crippen LogP contribution >= 0.6 is 11.6 Å². The summed E-state index contributed by atoms with van der Waals surface area (Å²) in [6.45, 7) is 5.73. The molecule has 0 aromatic rings. The van der Waals surface area contributed by atoms with E-state index in [9.17, 15) is 13.2 Å². The minimum atomic E-state index is -3.39. The molecule has 0 radical (unpaired) electrons. The van der Waals surface area contributed by atoms with Gasteiger partial charge in [0.2, 0.25) is 10.0 Å². The average molecular weight is 286 g/mol. The Morgan fingerprint density at radius 3 is 2.35 bits per heavy atom. The molecule has 1 atom stereocenters. The Morgan fingerprint density at radius 2 is 1.94 bits per heavy atom. The van der Waals surface area contributed by atoms with Crippen molar-refractivity contribution in [1.82, 2.24) is 4.72 Å². The van der Waals surface area contributed by atoms with Crippen molar-refractivity contribution in [2.45, 2.75) is 32.6 Å². The van der Waals surface area contributed by atoms with E-state index in [1.807, 2.05) is 20.8 Å². The summed E-state index contributed by atoms with van der Waals surface area (Å²) < 4.78 is 29.8. The van der Waals surface area contributed by atoms with Crippen LogP contribution in [0.4, 0.5) is 0 Å². The van der Waals surface area contributed by atoms with Gasteiger partial charge in [0.25, 0.3) is 0 Å². The maximum atomic E-state index is 11.6. The molecule has 0 bridgehead atoms. The molecule has 0 rings (SSSR count). The van der Waals surface area contributed by atoms with Crippen LogP contribution in [-0.4, -0.2) is 39.2 Å². The first kappa shape index (κ1) is 16.7. The highest BCUT2D eigenvalue weighted by Crippen LogP contribution is 2.18.